The van der Waals surface area contributed by atoms with Crippen LogP contribution in [0.1, 0.15) is 39.7 Å². The van der Waals surface area contributed by atoms with Gasteiger partial charge in [0, 0.05) is 12.1 Å². The summed E-state index contributed by atoms with van der Waals surface area (Å²) in [5, 5.41) is 11.9. The van der Waals surface area contributed by atoms with E-state index in [2.05, 4.69) is 20.9 Å². The predicted molar refractivity (Wildman–Crippen MR) is 100 cm³/mol. The molecule has 1 aliphatic heterocycles. The largest absolute Gasteiger partial charge is 0.444 e. The molecular weight excluding hydrogens is 431 g/mol. The van der Waals surface area contributed by atoms with Crippen LogP contribution in [0.3, 0.4) is 0 Å². The zero-order chi connectivity index (χ0) is 18.8. The van der Waals surface area contributed by atoms with Crippen LogP contribution in [-0.4, -0.2) is 44.9 Å². The Hall–Kier alpha value is -0.560. The maximum Gasteiger partial charge on any atom is 0.410 e. The number of aromatic nitrogens is 1. The van der Waals surface area contributed by atoms with E-state index in [4.69, 9.17) is 27.9 Å². The number of carbonyl (C=O) groups excluding carboxylic acids is 1. The summed E-state index contributed by atoms with van der Waals surface area (Å²) in [6.45, 7) is 7.93. The van der Waals surface area contributed by atoms with E-state index < -0.39 is 27.7 Å². The molecule has 1 aromatic heterocycles. The van der Waals surface area contributed by atoms with Crippen LogP contribution >= 0.6 is 39.1 Å². The van der Waals surface area contributed by atoms with Gasteiger partial charge >= 0.3 is 6.09 Å². The highest BCUT2D eigenvalue weighted by Gasteiger charge is 2.82. The van der Waals surface area contributed by atoms with Gasteiger partial charge in [-0.25, -0.2) is 9.78 Å². The molecule has 2 fully saturated rings. The summed E-state index contributed by atoms with van der Waals surface area (Å²) in [5.41, 5.74) is -1.14. The van der Waals surface area contributed by atoms with Crippen LogP contribution in [0.2, 0.25) is 10.3 Å². The van der Waals surface area contributed by atoms with Gasteiger partial charge in [-0.05, 0) is 39.2 Å². The first-order chi connectivity index (χ1) is 11.4. The molecule has 25 heavy (non-hydrogen) atoms. The Morgan fingerprint density at radius 2 is 2.08 bits per heavy atom. The van der Waals surface area contributed by atoms with Crippen molar-refractivity contribution in [2.45, 2.75) is 55.7 Å². The molecule has 1 saturated carbocycles. The van der Waals surface area contributed by atoms with Gasteiger partial charge in [0.2, 0.25) is 0 Å². The van der Waals surface area contributed by atoms with Crippen molar-refractivity contribution in [3.63, 3.8) is 0 Å². The Labute approximate surface area is 165 Å². The predicted octanol–water partition coefficient (Wildman–Crippen LogP) is 4.37. The lowest BCUT2D eigenvalue weighted by atomic mass is 9.92. The molecule has 8 heteroatoms. The van der Waals surface area contributed by atoms with Crippen LogP contribution in [0.4, 0.5) is 4.79 Å². The van der Waals surface area contributed by atoms with Crippen LogP contribution in [0.25, 0.3) is 0 Å². The van der Waals surface area contributed by atoms with E-state index in [1.807, 2.05) is 27.7 Å². The molecule has 1 aromatic rings. The minimum Gasteiger partial charge on any atom is -0.444 e. The van der Waals surface area contributed by atoms with Gasteiger partial charge in [0.25, 0.3) is 0 Å². The Kier molecular flexibility index (Phi) is 4.59. The fourth-order valence-corrected chi connectivity index (χ4v) is 5.77. The summed E-state index contributed by atoms with van der Waals surface area (Å²) in [6, 6.07) is 2.88. The van der Waals surface area contributed by atoms with E-state index in [9.17, 15) is 9.90 Å². The summed E-state index contributed by atoms with van der Waals surface area (Å²) < 4.78 is 4.62. The van der Waals surface area contributed by atoms with Gasteiger partial charge in [0.15, 0.2) is 0 Å². The molecule has 1 unspecified atom stereocenters. The summed E-state index contributed by atoms with van der Waals surface area (Å²) in [4.78, 5) is 18.3. The van der Waals surface area contributed by atoms with Crippen molar-refractivity contribution in [2.75, 3.05) is 6.54 Å². The number of hydrogen-bond donors (Lipinski definition) is 1. The SMILES string of the molecule is C[C@@H]1CCN(C(=O)OC(C)(C)C)[C@H]2C(Br)(c3ccc(Cl)nc3Cl)[C@@]12O. The second kappa shape index (κ2) is 5.98. The van der Waals surface area contributed by atoms with Gasteiger partial charge < -0.3 is 14.7 Å². The first-order valence-corrected chi connectivity index (χ1v) is 9.71. The lowest BCUT2D eigenvalue weighted by molar-refractivity contribution is -0.0137. The molecular formula is C17H21BrCl2N2O3. The molecule has 0 radical (unpaired) electrons. The average Bonchev–Trinajstić information content (AvgIpc) is 2.97. The van der Waals surface area contributed by atoms with Crippen molar-refractivity contribution in [2.24, 2.45) is 5.92 Å². The van der Waals surface area contributed by atoms with Gasteiger partial charge in [0.05, 0.1) is 6.04 Å². The van der Waals surface area contributed by atoms with Gasteiger partial charge in [0.1, 0.15) is 25.8 Å². The van der Waals surface area contributed by atoms with Crippen molar-refractivity contribution in [3.05, 3.63) is 28.0 Å². The minimum absolute atomic E-state index is 0.0256. The Morgan fingerprint density at radius 3 is 2.64 bits per heavy atom. The highest BCUT2D eigenvalue weighted by molar-refractivity contribution is 9.10. The zero-order valence-electron chi connectivity index (χ0n) is 14.5. The van der Waals surface area contributed by atoms with Crippen molar-refractivity contribution in [3.8, 4) is 0 Å². The average molecular weight is 452 g/mol. The van der Waals surface area contributed by atoms with Crippen molar-refractivity contribution >= 4 is 45.2 Å². The molecule has 4 atom stereocenters. The number of alkyl halides is 1. The molecule has 138 valence electrons. The molecule has 0 aromatic carbocycles. The number of aliphatic hydroxyl groups is 1. The number of likely N-dealkylation sites (tertiary alicyclic amines) is 1. The maximum absolute atomic E-state index is 12.7. The van der Waals surface area contributed by atoms with Gasteiger partial charge in [-0.1, -0.05) is 52.1 Å². The van der Waals surface area contributed by atoms with Crippen molar-refractivity contribution in [1.82, 2.24) is 9.88 Å². The van der Waals surface area contributed by atoms with Crippen LogP contribution in [0.15, 0.2) is 12.1 Å². The second-order valence-electron chi connectivity index (χ2n) is 7.78. The van der Waals surface area contributed by atoms with E-state index in [1.165, 1.54) is 0 Å². The molecule has 0 bridgehead atoms. The van der Waals surface area contributed by atoms with E-state index in [-0.39, 0.29) is 16.2 Å². The fourth-order valence-electron chi connectivity index (χ4n) is 3.75. The van der Waals surface area contributed by atoms with E-state index >= 15 is 0 Å². The zero-order valence-corrected chi connectivity index (χ0v) is 17.6. The summed E-state index contributed by atoms with van der Waals surface area (Å²) in [6.07, 6.45) is 0.222. The maximum atomic E-state index is 12.7. The third-order valence-electron chi connectivity index (χ3n) is 4.99. The van der Waals surface area contributed by atoms with Crippen LogP contribution < -0.4 is 0 Å². The van der Waals surface area contributed by atoms with Crippen molar-refractivity contribution in [1.29, 1.82) is 0 Å². The molecule has 0 spiro atoms. The van der Waals surface area contributed by atoms with E-state index in [1.54, 1.807) is 17.0 Å². The van der Waals surface area contributed by atoms with Crippen LogP contribution in [0.5, 0.6) is 0 Å². The standard InChI is InChI=1S/C17H21BrCl2N2O3/c1-9-7-8-22(14(23)25-15(2,3)4)13-16(18,17(9,13)24)10-5-6-11(19)21-12(10)20/h5-6,9,13,24H,7-8H2,1-4H3/t9-,13+,16?,17-/m1/s1. The first kappa shape index (κ1) is 19.2. The lowest BCUT2D eigenvalue weighted by Crippen LogP contribution is -2.47. The Morgan fingerprint density at radius 1 is 1.44 bits per heavy atom. The summed E-state index contributed by atoms with van der Waals surface area (Å²) in [5.74, 6) is -0.0256. The number of hydrogen-bond acceptors (Lipinski definition) is 4. The molecule has 1 saturated heterocycles. The number of carbonyl (C=O) groups is 1. The lowest BCUT2D eigenvalue weighted by Gasteiger charge is -2.34. The number of amides is 1. The normalized spacial score (nSPS) is 34.5. The van der Waals surface area contributed by atoms with Gasteiger partial charge in [-0.15, -0.1) is 0 Å². The molecule has 1 aliphatic carbocycles. The molecule has 1 N–H and O–H groups in total. The highest BCUT2D eigenvalue weighted by Crippen LogP contribution is 2.70. The number of pyridine rings is 1. The molecule has 1 amide bonds. The Bertz CT molecular complexity index is 726. The number of halogens is 3. The third kappa shape index (κ3) is 2.85. The van der Waals surface area contributed by atoms with Gasteiger partial charge in [-0.3, -0.25) is 0 Å². The Balaban J connectivity index is 2.00. The quantitative estimate of drug-likeness (QED) is 0.508. The third-order valence-corrected chi connectivity index (χ3v) is 6.99. The summed E-state index contributed by atoms with van der Waals surface area (Å²) >= 11 is 15.9. The number of rotatable bonds is 1. The van der Waals surface area contributed by atoms with Crippen LogP contribution in [0, 0.1) is 5.92 Å². The van der Waals surface area contributed by atoms with E-state index in [0.29, 0.717) is 18.5 Å². The minimum atomic E-state index is -1.15. The monoisotopic (exact) mass is 450 g/mol. The van der Waals surface area contributed by atoms with Crippen LogP contribution in [-0.2, 0) is 9.06 Å². The van der Waals surface area contributed by atoms with E-state index in [0.717, 1.165) is 0 Å². The second-order valence-corrected chi connectivity index (χ2v) is 9.77. The number of fused-ring (bicyclic) bond motifs is 1. The van der Waals surface area contributed by atoms with Crippen molar-refractivity contribution < 1.29 is 14.6 Å². The number of piperidine rings is 1. The molecule has 2 aliphatic rings. The molecule has 5 nitrogen and oxygen atoms in total. The first-order valence-electron chi connectivity index (χ1n) is 8.16. The smallest absolute Gasteiger partial charge is 0.410 e. The number of nitrogens with zero attached hydrogens (tertiary/aromatic N) is 2. The molecule has 2 heterocycles. The molecule has 3 rings (SSSR count). The fraction of sp³-hybridized carbons (Fsp3) is 0.647. The topological polar surface area (TPSA) is 62.7 Å². The highest BCUT2D eigenvalue weighted by atomic mass is 79.9. The summed E-state index contributed by atoms with van der Waals surface area (Å²) in [7, 11) is 0. The van der Waals surface area contributed by atoms with Gasteiger partial charge in [-0.2, -0.15) is 0 Å². The number of ether oxygens (including phenoxy) is 1.